The molecule has 0 unspecified atom stereocenters. The van der Waals surface area contributed by atoms with E-state index in [-0.39, 0.29) is 5.54 Å². The van der Waals surface area contributed by atoms with Gasteiger partial charge in [0.05, 0.1) is 10.4 Å². The quantitative estimate of drug-likeness (QED) is 0.524. The van der Waals surface area contributed by atoms with Crippen LogP contribution in [0.4, 0.5) is 0 Å². The van der Waals surface area contributed by atoms with Gasteiger partial charge in [-0.15, -0.1) is 0 Å². The summed E-state index contributed by atoms with van der Waals surface area (Å²) in [6, 6.07) is 0. The lowest BCUT2D eigenvalue weighted by Gasteiger charge is -2.15. The maximum absolute atomic E-state index is 5.35. The fraction of sp³-hybridized carbons (Fsp3) is 1.00. The minimum Gasteiger partial charge on any atom is -0.341 e. The first kappa shape index (κ1) is 13.7. The SMILES string of the molecule is CC(C)(C)N.CC(C)(C)N[SiH3]. The Morgan fingerprint density at radius 2 is 1.09 bits per heavy atom. The zero-order chi connectivity index (χ0) is 9.71. The Hall–Kier alpha value is 0.137. The molecule has 0 aliphatic rings. The zero-order valence-electron chi connectivity index (χ0n) is 9.08. The molecule has 0 fully saturated rings. The highest BCUT2D eigenvalue weighted by Gasteiger charge is 2.01. The van der Waals surface area contributed by atoms with E-state index < -0.39 is 0 Å². The van der Waals surface area contributed by atoms with Crippen LogP contribution in [-0.2, 0) is 0 Å². The van der Waals surface area contributed by atoms with Gasteiger partial charge in [-0.05, 0) is 41.5 Å². The van der Waals surface area contributed by atoms with Crippen LogP contribution in [0.3, 0.4) is 0 Å². The van der Waals surface area contributed by atoms with Crippen molar-refractivity contribution in [2.45, 2.75) is 52.6 Å². The highest BCUT2D eigenvalue weighted by molar-refractivity contribution is 6.04. The van der Waals surface area contributed by atoms with Gasteiger partial charge in [0, 0.05) is 11.1 Å². The van der Waals surface area contributed by atoms with Gasteiger partial charge in [-0.2, -0.15) is 0 Å². The number of hydrogen-bond donors (Lipinski definition) is 2. The fourth-order valence-corrected chi connectivity index (χ4v) is 0. The topological polar surface area (TPSA) is 38.0 Å². The molecule has 0 saturated heterocycles. The lowest BCUT2D eigenvalue weighted by atomic mass is 10.1. The van der Waals surface area contributed by atoms with Crippen LogP contribution in [-0.4, -0.2) is 21.5 Å². The third kappa shape index (κ3) is 68.2. The third-order valence-electron chi connectivity index (χ3n) is 0.750. The summed E-state index contributed by atoms with van der Waals surface area (Å²) in [6.45, 7) is 12.4. The number of hydrogen-bond acceptors (Lipinski definition) is 2. The van der Waals surface area contributed by atoms with Gasteiger partial charge in [0.25, 0.3) is 0 Å². The number of nitrogens with two attached hydrogens (primary N) is 1. The second kappa shape index (κ2) is 4.90. The van der Waals surface area contributed by atoms with E-state index in [2.05, 4.69) is 25.8 Å². The molecule has 0 bridgehead atoms. The fourth-order valence-electron chi connectivity index (χ4n) is 0. The van der Waals surface area contributed by atoms with Crippen molar-refractivity contribution in [2.75, 3.05) is 0 Å². The van der Waals surface area contributed by atoms with Gasteiger partial charge in [-0.25, -0.2) is 0 Å². The maximum atomic E-state index is 5.35. The first-order valence-electron chi connectivity index (χ1n) is 4.04. The molecule has 0 aromatic carbocycles. The van der Waals surface area contributed by atoms with Crippen LogP contribution in [0.1, 0.15) is 41.5 Å². The summed E-state index contributed by atoms with van der Waals surface area (Å²) < 4.78 is 0. The molecule has 0 saturated carbocycles. The van der Waals surface area contributed by atoms with Gasteiger partial charge in [0.2, 0.25) is 0 Å². The van der Waals surface area contributed by atoms with Gasteiger partial charge in [-0.3, -0.25) is 0 Å². The van der Waals surface area contributed by atoms with Crippen LogP contribution in [0, 0.1) is 0 Å². The Kier molecular flexibility index (Phi) is 6.11. The van der Waals surface area contributed by atoms with E-state index in [0.29, 0.717) is 5.54 Å². The molecular formula is C8H24N2Si. The molecule has 0 radical (unpaired) electrons. The predicted octanol–water partition coefficient (Wildman–Crippen LogP) is 0.399. The molecule has 3 N–H and O–H groups in total. The highest BCUT2D eigenvalue weighted by atomic mass is 28.2. The molecule has 0 heterocycles. The average molecular weight is 176 g/mol. The molecule has 3 heteroatoms. The molecule has 0 atom stereocenters. The second-order valence-electron chi connectivity index (χ2n) is 4.87. The molecule has 0 aromatic rings. The normalized spacial score (nSPS) is 12.3. The maximum Gasteiger partial charge on any atom is 0.0755 e. The van der Waals surface area contributed by atoms with E-state index in [9.17, 15) is 0 Å². The summed E-state index contributed by atoms with van der Waals surface area (Å²) in [5, 5.41) is 0. The monoisotopic (exact) mass is 176 g/mol. The highest BCUT2D eigenvalue weighted by Crippen LogP contribution is 1.93. The summed E-state index contributed by atoms with van der Waals surface area (Å²) in [4.78, 5) is 3.24. The van der Waals surface area contributed by atoms with E-state index in [1.54, 1.807) is 0 Å². The molecule has 0 aromatic heterocycles. The molecule has 2 nitrogen and oxygen atoms in total. The van der Waals surface area contributed by atoms with Crippen molar-refractivity contribution < 1.29 is 0 Å². The molecule has 0 aliphatic heterocycles. The summed E-state index contributed by atoms with van der Waals surface area (Å²) in [7, 11) is 1.10. The smallest absolute Gasteiger partial charge is 0.0755 e. The minimum absolute atomic E-state index is 0. The van der Waals surface area contributed by atoms with Gasteiger partial charge in [-0.1, -0.05) is 0 Å². The molecule has 11 heavy (non-hydrogen) atoms. The summed E-state index contributed by atoms with van der Waals surface area (Å²) in [5.74, 6) is 0. The predicted molar refractivity (Wildman–Crippen MR) is 56.8 cm³/mol. The summed E-state index contributed by atoms with van der Waals surface area (Å²) in [5.41, 5.74) is 5.71. The van der Waals surface area contributed by atoms with Gasteiger partial charge >= 0.3 is 0 Å². The minimum atomic E-state index is 0. The third-order valence-corrected chi connectivity index (χ3v) is 2.25. The van der Waals surface area contributed by atoms with Crippen LogP contribution in [0.25, 0.3) is 0 Å². The van der Waals surface area contributed by atoms with E-state index in [0.717, 1.165) is 10.4 Å². The van der Waals surface area contributed by atoms with Crippen molar-refractivity contribution >= 4 is 10.4 Å². The lowest BCUT2D eigenvalue weighted by molar-refractivity contribution is 0.528. The van der Waals surface area contributed by atoms with Crippen LogP contribution >= 0.6 is 0 Å². The molecule has 0 amide bonds. The molecule has 0 spiro atoms. The Bertz CT molecular complexity index is 83.2. The first-order chi connectivity index (χ1) is 4.56. The van der Waals surface area contributed by atoms with Crippen LogP contribution in [0.2, 0.25) is 0 Å². The van der Waals surface area contributed by atoms with Gasteiger partial charge in [0.15, 0.2) is 0 Å². The van der Waals surface area contributed by atoms with Crippen molar-refractivity contribution in [3.8, 4) is 0 Å². The van der Waals surface area contributed by atoms with E-state index in [1.807, 2.05) is 20.8 Å². The Morgan fingerprint density at radius 3 is 1.09 bits per heavy atom. The van der Waals surface area contributed by atoms with E-state index >= 15 is 0 Å². The van der Waals surface area contributed by atoms with Crippen LogP contribution in [0.15, 0.2) is 0 Å². The summed E-state index contributed by atoms with van der Waals surface area (Å²) >= 11 is 0. The van der Waals surface area contributed by atoms with Crippen LogP contribution in [0.5, 0.6) is 0 Å². The molecule has 0 rings (SSSR count). The summed E-state index contributed by atoms with van der Waals surface area (Å²) in [6.07, 6.45) is 0. The van der Waals surface area contributed by atoms with Crippen molar-refractivity contribution in [3.05, 3.63) is 0 Å². The van der Waals surface area contributed by atoms with Crippen molar-refractivity contribution in [1.82, 2.24) is 4.98 Å². The molecule has 0 aliphatic carbocycles. The van der Waals surface area contributed by atoms with Crippen LogP contribution < -0.4 is 10.7 Å². The number of rotatable bonds is 0. The largest absolute Gasteiger partial charge is 0.341 e. The van der Waals surface area contributed by atoms with Crippen molar-refractivity contribution in [3.63, 3.8) is 0 Å². The zero-order valence-corrected chi connectivity index (χ0v) is 11.1. The van der Waals surface area contributed by atoms with Crippen molar-refractivity contribution in [2.24, 2.45) is 5.73 Å². The molecule has 70 valence electrons. The first-order valence-corrected chi connectivity index (χ1v) is 5.04. The second-order valence-corrected chi connectivity index (χ2v) is 5.37. The lowest BCUT2D eigenvalue weighted by Crippen LogP contribution is -2.33. The van der Waals surface area contributed by atoms with E-state index in [1.165, 1.54) is 0 Å². The van der Waals surface area contributed by atoms with Gasteiger partial charge in [0.1, 0.15) is 0 Å². The Morgan fingerprint density at radius 1 is 1.00 bits per heavy atom. The number of nitrogens with one attached hydrogen (secondary N) is 1. The van der Waals surface area contributed by atoms with E-state index in [4.69, 9.17) is 5.73 Å². The standard InChI is InChI=1S/C4H13NSi.C4H11N/c1-4(2,3)5-6;1-4(2,3)5/h5H,1-3,6H3;5H2,1-3H3. The average Bonchev–Trinajstić information content (AvgIpc) is 1.59. The Balaban J connectivity index is 0. The Labute approximate surface area is 74.4 Å². The molecular weight excluding hydrogens is 152 g/mol. The van der Waals surface area contributed by atoms with Gasteiger partial charge < -0.3 is 10.7 Å². The van der Waals surface area contributed by atoms with Crippen molar-refractivity contribution in [1.29, 1.82) is 0 Å².